The second kappa shape index (κ2) is 8.09. The van der Waals surface area contributed by atoms with Crippen molar-refractivity contribution < 1.29 is 9.21 Å². The first-order valence-electron chi connectivity index (χ1n) is 11.2. The fourth-order valence-electron chi connectivity index (χ4n) is 4.56. The van der Waals surface area contributed by atoms with E-state index in [0.29, 0.717) is 30.2 Å². The Morgan fingerprint density at radius 1 is 1.03 bits per heavy atom. The summed E-state index contributed by atoms with van der Waals surface area (Å²) in [6.45, 7) is 1.33. The van der Waals surface area contributed by atoms with Crippen LogP contribution in [0.1, 0.15) is 35.1 Å². The molecule has 0 aliphatic carbocycles. The summed E-state index contributed by atoms with van der Waals surface area (Å²) < 4.78 is 7.25. The Balaban J connectivity index is 1.33. The first kappa shape index (κ1) is 19.5. The van der Waals surface area contributed by atoms with E-state index in [9.17, 15) is 4.79 Å². The number of nitrogens with one attached hydrogen (secondary N) is 1. The van der Waals surface area contributed by atoms with Gasteiger partial charge in [-0.05, 0) is 49.2 Å². The van der Waals surface area contributed by atoms with Crippen LogP contribution in [0.25, 0.3) is 28.2 Å². The molecule has 7 nitrogen and oxygen atoms in total. The van der Waals surface area contributed by atoms with Gasteiger partial charge in [-0.2, -0.15) is 5.10 Å². The molecule has 2 aromatic carbocycles. The first-order valence-corrected chi connectivity index (χ1v) is 11.2. The summed E-state index contributed by atoms with van der Waals surface area (Å²) in [6, 6.07) is 23.3. The fraction of sp³-hybridized carbons (Fsp3) is 0.192. The Morgan fingerprint density at radius 3 is 2.70 bits per heavy atom. The second-order valence-electron chi connectivity index (χ2n) is 8.37. The minimum atomic E-state index is -0.0371. The van der Waals surface area contributed by atoms with Crippen molar-refractivity contribution in [3.05, 3.63) is 90.6 Å². The number of para-hydroxylation sites is 3. The summed E-state index contributed by atoms with van der Waals surface area (Å²) in [5.74, 6) is 1.72. The van der Waals surface area contributed by atoms with Gasteiger partial charge >= 0.3 is 0 Å². The number of H-pyrrole nitrogens is 1. The molecular weight excluding hydrogens is 414 g/mol. The second-order valence-corrected chi connectivity index (χ2v) is 8.37. The smallest absolute Gasteiger partial charge is 0.272 e. The number of benzene rings is 2. The van der Waals surface area contributed by atoms with Crippen LogP contribution in [-0.4, -0.2) is 43.6 Å². The van der Waals surface area contributed by atoms with E-state index in [2.05, 4.69) is 4.98 Å². The standard InChI is InChI=1S/C26H23N5O2/c32-26(30-14-6-8-18(17-30)25-27-20-11-4-5-12-21(20)28-25)23-16-22(24-13-7-15-33-24)29-31(23)19-9-2-1-3-10-19/h1-5,7,9-13,15-16,18H,6,8,14,17H2,(H,27,28). The van der Waals surface area contributed by atoms with Crippen molar-refractivity contribution in [2.24, 2.45) is 0 Å². The number of aromatic nitrogens is 4. The van der Waals surface area contributed by atoms with Gasteiger partial charge in [0, 0.05) is 25.1 Å². The third kappa shape index (κ3) is 3.61. The molecule has 1 aliphatic heterocycles. The molecule has 1 N–H and O–H groups in total. The summed E-state index contributed by atoms with van der Waals surface area (Å²) in [5.41, 5.74) is 3.99. The van der Waals surface area contributed by atoms with Crippen molar-refractivity contribution in [2.45, 2.75) is 18.8 Å². The van der Waals surface area contributed by atoms with Crippen molar-refractivity contribution in [1.29, 1.82) is 0 Å². The third-order valence-corrected chi connectivity index (χ3v) is 6.21. The van der Waals surface area contributed by atoms with Crippen molar-refractivity contribution in [3.63, 3.8) is 0 Å². The Morgan fingerprint density at radius 2 is 1.88 bits per heavy atom. The quantitative estimate of drug-likeness (QED) is 0.428. The number of imidazole rings is 1. The number of rotatable bonds is 4. The number of hydrogen-bond donors (Lipinski definition) is 1. The predicted molar refractivity (Wildman–Crippen MR) is 125 cm³/mol. The van der Waals surface area contributed by atoms with Crippen molar-refractivity contribution >= 4 is 16.9 Å². The van der Waals surface area contributed by atoms with E-state index in [0.717, 1.165) is 35.4 Å². The van der Waals surface area contributed by atoms with Gasteiger partial charge < -0.3 is 14.3 Å². The molecule has 0 spiro atoms. The highest BCUT2D eigenvalue weighted by Gasteiger charge is 2.30. The molecule has 4 heterocycles. The van der Waals surface area contributed by atoms with Crippen LogP contribution < -0.4 is 0 Å². The van der Waals surface area contributed by atoms with Crippen LogP contribution in [-0.2, 0) is 0 Å². The minimum absolute atomic E-state index is 0.0371. The number of fused-ring (bicyclic) bond motifs is 1. The van der Waals surface area contributed by atoms with Gasteiger partial charge in [0.2, 0.25) is 0 Å². The molecule has 0 saturated carbocycles. The topological polar surface area (TPSA) is 79.9 Å². The molecule has 164 valence electrons. The van der Waals surface area contributed by atoms with E-state index in [1.165, 1.54) is 0 Å². The van der Waals surface area contributed by atoms with Crippen molar-refractivity contribution in [2.75, 3.05) is 13.1 Å². The van der Waals surface area contributed by atoms with Gasteiger partial charge in [0.25, 0.3) is 5.91 Å². The number of furan rings is 1. The van der Waals surface area contributed by atoms with Crippen molar-refractivity contribution in [3.8, 4) is 17.1 Å². The maximum absolute atomic E-state index is 13.7. The summed E-state index contributed by atoms with van der Waals surface area (Å²) in [6.07, 6.45) is 3.54. The van der Waals surface area contributed by atoms with Gasteiger partial charge in [-0.25, -0.2) is 9.67 Å². The average Bonchev–Trinajstić information content (AvgIpc) is 3.63. The van der Waals surface area contributed by atoms with Crippen LogP contribution in [0.15, 0.2) is 83.5 Å². The monoisotopic (exact) mass is 437 g/mol. The Hall–Kier alpha value is -4.13. The highest BCUT2D eigenvalue weighted by atomic mass is 16.3. The van der Waals surface area contributed by atoms with Crippen molar-refractivity contribution in [1.82, 2.24) is 24.6 Å². The molecule has 7 heteroatoms. The van der Waals surface area contributed by atoms with E-state index < -0.39 is 0 Å². The minimum Gasteiger partial charge on any atom is -0.463 e. The lowest BCUT2D eigenvalue weighted by atomic mass is 9.97. The normalized spacial score (nSPS) is 16.4. The van der Waals surface area contributed by atoms with Crippen LogP contribution in [0.3, 0.4) is 0 Å². The van der Waals surface area contributed by atoms with Gasteiger partial charge in [-0.1, -0.05) is 30.3 Å². The van der Waals surface area contributed by atoms with Gasteiger partial charge in [0.05, 0.1) is 23.0 Å². The lowest BCUT2D eigenvalue weighted by Crippen LogP contribution is -2.40. The van der Waals surface area contributed by atoms with Crippen LogP contribution in [0, 0.1) is 0 Å². The van der Waals surface area contributed by atoms with E-state index in [-0.39, 0.29) is 11.8 Å². The predicted octanol–water partition coefficient (Wildman–Crippen LogP) is 5.03. The number of aromatic amines is 1. The Bertz CT molecular complexity index is 1370. The molecule has 3 aromatic heterocycles. The maximum atomic E-state index is 13.7. The summed E-state index contributed by atoms with van der Waals surface area (Å²) >= 11 is 0. The summed E-state index contributed by atoms with van der Waals surface area (Å²) in [4.78, 5) is 23.9. The van der Waals surface area contributed by atoms with Gasteiger partial charge in [0.15, 0.2) is 5.76 Å². The summed E-state index contributed by atoms with van der Waals surface area (Å²) in [5, 5.41) is 4.70. The Kier molecular flexibility index (Phi) is 4.79. The third-order valence-electron chi connectivity index (χ3n) is 6.21. The zero-order chi connectivity index (χ0) is 22.2. The van der Waals surface area contributed by atoms with Crippen LogP contribution in [0.4, 0.5) is 0 Å². The number of likely N-dealkylation sites (tertiary alicyclic amines) is 1. The lowest BCUT2D eigenvalue weighted by Gasteiger charge is -2.31. The van der Waals surface area contributed by atoms with E-state index in [4.69, 9.17) is 14.5 Å². The molecule has 1 fully saturated rings. The zero-order valence-electron chi connectivity index (χ0n) is 18.0. The summed E-state index contributed by atoms with van der Waals surface area (Å²) in [7, 11) is 0. The average molecular weight is 438 g/mol. The number of carbonyl (C=O) groups excluding carboxylic acids is 1. The SMILES string of the molecule is O=C(c1cc(-c2ccco2)nn1-c1ccccc1)N1CCCC(c2nc3ccccc3[nH]2)C1. The molecule has 33 heavy (non-hydrogen) atoms. The molecular formula is C26H23N5O2. The fourth-order valence-corrected chi connectivity index (χ4v) is 4.56. The molecule has 6 rings (SSSR count). The Labute approximate surface area is 190 Å². The molecule has 1 aliphatic rings. The number of piperidine rings is 1. The zero-order valence-corrected chi connectivity index (χ0v) is 18.0. The highest BCUT2D eigenvalue weighted by Crippen LogP contribution is 2.29. The van der Waals surface area contributed by atoms with E-state index in [1.807, 2.05) is 77.7 Å². The number of amides is 1. The molecule has 1 unspecified atom stereocenters. The van der Waals surface area contributed by atoms with Crippen LogP contribution in [0.2, 0.25) is 0 Å². The largest absolute Gasteiger partial charge is 0.463 e. The van der Waals surface area contributed by atoms with E-state index >= 15 is 0 Å². The molecule has 0 radical (unpaired) electrons. The van der Waals surface area contributed by atoms with E-state index in [1.54, 1.807) is 10.9 Å². The van der Waals surface area contributed by atoms with Gasteiger partial charge in [-0.15, -0.1) is 0 Å². The number of hydrogen-bond acceptors (Lipinski definition) is 4. The molecule has 1 atom stereocenters. The molecule has 1 amide bonds. The van der Waals surface area contributed by atoms with Crippen LogP contribution >= 0.6 is 0 Å². The van der Waals surface area contributed by atoms with Crippen LogP contribution in [0.5, 0.6) is 0 Å². The molecule has 1 saturated heterocycles. The molecule has 5 aromatic rings. The number of nitrogens with zero attached hydrogens (tertiary/aromatic N) is 4. The highest BCUT2D eigenvalue weighted by molar-refractivity contribution is 5.94. The maximum Gasteiger partial charge on any atom is 0.272 e. The molecule has 0 bridgehead atoms. The van der Waals surface area contributed by atoms with Gasteiger partial charge in [0.1, 0.15) is 17.2 Å². The van der Waals surface area contributed by atoms with Gasteiger partial charge in [-0.3, -0.25) is 4.79 Å². The lowest BCUT2D eigenvalue weighted by molar-refractivity contribution is 0.0695. The first-order chi connectivity index (χ1) is 16.3. The number of carbonyl (C=O) groups is 1.